The third-order valence-corrected chi connectivity index (χ3v) is 5.53. The Morgan fingerprint density at radius 1 is 1.12 bits per heavy atom. The van der Waals surface area contributed by atoms with Crippen LogP contribution in [0.4, 0.5) is 13.2 Å². The highest BCUT2D eigenvalue weighted by molar-refractivity contribution is 5.98. The summed E-state index contributed by atoms with van der Waals surface area (Å²) in [6.07, 6.45) is -1.27. The zero-order chi connectivity index (χ0) is 22.7. The van der Waals surface area contributed by atoms with E-state index in [1.807, 2.05) is 24.3 Å². The third kappa shape index (κ3) is 5.72. The average Bonchev–Trinajstić information content (AvgIpc) is 3.03. The van der Waals surface area contributed by atoms with Gasteiger partial charge >= 0.3 is 6.18 Å². The van der Waals surface area contributed by atoms with Crippen LogP contribution in [0.1, 0.15) is 28.0 Å². The molecule has 33 heavy (non-hydrogen) atoms. The summed E-state index contributed by atoms with van der Waals surface area (Å²) < 4.78 is 46.3. The van der Waals surface area contributed by atoms with Crippen LogP contribution in [-0.2, 0) is 12.7 Å². The van der Waals surface area contributed by atoms with Gasteiger partial charge in [0.1, 0.15) is 5.75 Å². The molecule has 1 aliphatic rings. The molecule has 2 aromatic heterocycles. The molecule has 0 spiro atoms. The number of carbonyl (C=O) groups is 1. The summed E-state index contributed by atoms with van der Waals surface area (Å²) in [4.78, 5) is 24.5. The van der Waals surface area contributed by atoms with Gasteiger partial charge in [-0.25, -0.2) is 4.98 Å². The number of alkyl halides is 3. The van der Waals surface area contributed by atoms with Crippen molar-refractivity contribution >= 4 is 29.2 Å². The van der Waals surface area contributed by atoms with E-state index in [-0.39, 0.29) is 17.9 Å². The van der Waals surface area contributed by atoms with Gasteiger partial charge in [0.25, 0.3) is 5.91 Å². The first kappa shape index (κ1) is 24.7. The van der Waals surface area contributed by atoms with Gasteiger partial charge in [-0.15, -0.1) is 12.4 Å². The molecular weight excluding hydrogens is 457 g/mol. The van der Waals surface area contributed by atoms with Crippen molar-refractivity contribution in [2.24, 2.45) is 0 Å². The molecule has 176 valence electrons. The second kappa shape index (κ2) is 10.4. The number of amides is 1. The van der Waals surface area contributed by atoms with E-state index < -0.39 is 23.3 Å². The molecule has 0 atom stereocenters. The summed E-state index contributed by atoms with van der Waals surface area (Å²) in [5.74, 6) is 0.117. The van der Waals surface area contributed by atoms with E-state index >= 15 is 0 Å². The molecule has 0 N–H and O–H groups in total. The second-order valence-corrected chi connectivity index (χ2v) is 7.72. The topological polar surface area (TPSA) is 58.6 Å². The van der Waals surface area contributed by atoms with Gasteiger partial charge in [0, 0.05) is 50.5 Å². The molecule has 0 unspecified atom stereocenters. The van der Waals surface area contributed by atoms with Crippen LogP contribution in [0.3, 0.4) is 0 Å². The van der Waals surface area contributed by atoms with Crippen LogP contribution in [0.25, 0.3) is 10.9 Å². The van der Waals surface area contributed by atoms with Crippen molar-refractivity contribution in [2.45, 2.75) is 19.1 Å². The van der Waals surface area contributed by atoms with Gasteiger partial charge in [0.15, 0.2) is 5.69 Å². The lowest BCUT2D eigenvalue weighted by molar-refractivity contribution is -0.141. The fourth-order valence-electron chi connectivity index (χ4n) is 3.93. The largest absolute Gasteiger partial charge is 0.497 e. The van der Waals surface area contributed by atoms with Gasteiger partial charge in [-0.1, -0.05) is 12.1 Å². The lowest BCUT2D eigenvalue weighted by atomic mass is 10.1. The molecule has 10 heteroatoms. The van der Waals surface area contributed by atoms with Crippen LogP contribution in [-0.4, -0.2) is 59.0 Å². The Balaban J connectivity index is 0.00000306. The summed E-state index contributed by atoms with van der Waals surface area (Å²) in [7, 11) is 1.61. The van der Waals surface area contributed by atoms with Gasteiger partial charge in [-0.05, 0) is 36.2 Å². The van der Waals surface area contributed by atoms with Crippen LogP contribution < -0.4 is 4.74 Å². The molecule has 4 rings (SSSR count). The molecule has 3 aromatic rings. The van der Waals surface area contributed by atoms with E-state index in [1.54, 1.807) is 7.11 Å². The first-order chi connectivity index (χ1) is 15.3. The number of pyridine rings is 2. The zero-order valence-electron chi connectivity index (χ0n) is 18.0. The highest BCUT2D eigenvalue weighted by atomic mass is 35.5. The summed E-state index contributed by atoms with van der Waals surface area (Å²) in [5.41, 5.74) is -0.350. The van der Waals surface area contributed by atoms with E-state index in [1.165, 1.54) is 29.4 Å². The molecule has 0 aliphatic carbocycles. The van der Waals surface area contributed by atoms with E-state index in [0.717, 1.165) is 17.9 Å². The monoisotopic (exact) mass is 480 g/mol. The smallest absolute Gasteiger partial charge is 0.434 e. The maximum Gasteiger partial charge on any atom is 0.434 e. The summed E-state index contributed by atoms with van der Waals surface area (Å²) >= 11 is 0. The number of ether oxygens (including phenoxy) is 1. The molecule has 1 aliphatic heterocycles. The first-order valence-electron chi connectivity index (χ1n) is 10.3. The lowest BCUT2D eigenvalue weighted by Crippen LogP contribution is -2.36. The summed E-state index contributed by atoms with van der Waals surface area (Å²) in [5, 5.41) is 0.401. The standard InChI is InChI=1S/C23H23F3N4O2.ClH/c1-32-18-5-2-4-16(12-18)15-29-8-3-9-30(11-10-29)22(31)19-13-17-14-27-7-6-20(17)28-21(19)23(24,25)26;/h2,4-7,12-14H,3,8-11,15H2,1H3;1H. The van der Waals surface area contributed by atoms with Crippen molar-refractivity contribution in [3.63, 3.8) is 0 Å². The Kier molecular flexibility index (Phi) is 7.76. The van der Waals surface area contributed by atoms with E-state index in [0.29, 0.717) is 38.0 Å². The van der Waals surface area contributed by atoms with Crippen LogP contribution >= 0.6 is 12.4 Å². The van der Waals surface area contributed by atoms with Crippen LogP contribution in [0.15, 0.2) is 48.8 Å². The summed E-state index contributed by atoms with van der Waals surface area (Å²) in [6, 6.07) is 10.4. The van der Waals surface area contributed by atoms with Gasteiger partial charge in [0.05, 0.1) is 18.2 Å². The lowest BCUT2D eigenvalue weighted by Gasteiger charge is -2.23. The van der Waals surface area contributed by atoms with Gasteiger partial charge in [-0.3, -0.25) is 14.7 Å². The number of fused-ring (bicyclic) bond motifs is 1. The Bertz CT molecular complexity index is 1130. The highest BCUT2D eigenvalue weighted by Crippen LogP contribution is 2.33. The number of carbonyl (C=O) groups excluding carboxylic acids is 1. The van der Waals surface area contributed by atoms with Gasteiger partial charge in [-0.2, -0.15) is 13.2 Å². The minimum absolute atomic E-state index is 0. The van der Waals surface area contributed by atoms with E-state index in [2.05, 4.69) is 14.9 Å². The SMILES string of the molecule is COc1cccc(CN2CCCN(C(=O)c3cc4cnccc4nc3C(F)(F)F)CC2)c1.Cl. The molecule has 1 saturated heterocycles. The molecule has 1 fully saturated rings. The van der Waals surface area contributed by atoms with Crippen molar-refractivity contribution in [3.8, 4) is 5.75 Å². The van der Waals surface area contributed by atoms with Crippen LogP contribution in [0.2, 0.25) is 0 Å². The molecular formula is C23H24ClF3N4O2. The molecule has 1 amide bonds. The third-order valence-electron chi connectivity index (χ3n) is 5.53. The van der Waals surface area contributed by atoms with Crippen molar-refractivity contribution in [1.29, 1.82) is 0 Å². The number of hydrogen-bond acceptors (Lipinski definition) is 5. The zero-order valence-corrected chi connectivity index (χ0v) is 18.8. The predicted molar refractivity (Wildman–Crippen MR) is 121 cm³/mol. The van der Waals surface area contributed by atoms with Crippen molar-refractivity contribution in [3.05, 3.63) is 65.6 Å². The summed E-state index contributed by atoms with van der Waals surface area (Å²) in [6.45, 7) is 2.71. The second-order valence-electron chi connectivity index (χ2n) is 7.72. The molecule has 0 bridgehead atoms. The van der Waals surface area contributed by atoms with Gasteiger partial charge in [0.2, 0.25) is 0 Å². The normalized spacial score (nSPS) is 15.1. The average molecular weight is 481 g/mol. The maximum absolute atomic E-state index is 13.7. The minimum atomic E-state index is -4.73. The number of halogens is 4. The van der Waals surface area contributed by atoms with Crippen molar-refractivity contribution in [1.82, 2.24) is 19.8 Å². The number of nitrogens with zero attached hydrogens (tertiary/aromatic N) is 4. The minimum Gasteiger partial charge on any atom is -0.497 e. The molecule has 0 saturated carbocycles. The Hall–Kier alpha value is -2.91. The fraction of sp³-hybridized carbons (Fsp3) is 0.348. The van der Waals surface area contributed by atoms with Crippen molar-refractivity contribution < 1.29 is 22.7 Å². The highest BCUT2D eigenvalue weighted by Gasteiger charge is 2.38. The molecule has 1 aromatic carbocycles. The fourth-order valence-corrected chi connectivity index (χ4v) is 3.93. The van der Waals surface area contributed by atoms with Crippen molar-refractivity contribution in [2.75, 3.05) is 33.3 Å². The maximum atomic E-state index is 13.7. The Morgan fingerprint density at radius 2 is 1.94 bits per heavy atom. The Morgan fingerprint density at radius 3 is 2.70 bits per heavy atom. The number of aromatic nitrogens is 2. The Labute approximate surface area is 195 Å². The van der Waals surface area contributed by atoms with E-state index in [4.69, 9.17) is 4.74 Å². The number of hydrogen-bond donors (Lipinski definition) is 0. The predicted octanol–water partition coefficient (Wildman–Crippen LogP) is 4.43. The number of methoxy groups -OCH3 is 1. The van der Waals surface area contributed by atoms with Crippen LogP contribution in [0, 0.1) is 0 Å². The first-order valence-corrected chi connectivity index (χ1v) is 10.3. The molecule has 0 radical (unpaired) electrons. The quantitative estimate of drug-likeness (QED) is 0.553. The molecule has 3 heterocycles. The van der Waals surface area contributed by atoms with Gasteiger partial charge < -0.3 is 9.64 Å². The number of rotatable bonds is 4. The number of benzene rings is 1. The molecule has 6 nitrogen and oxygen atoms in total. The van der Waals surface area contributed by atoms with Crippen LogP contribution in [0.5, 0.6) is 5.75 Å². The van der Waals surface area contributed by atoms with E-state index in [9.17, 15) is 18.0 Å².